The van der Waals surface area contributed by atoms with Crippen molar-refractivity contribution >= 4 is 13.3 Å². The fourth-order valence-electron chi connectivity index (χ4n) is 1.49. The van der Waals surface area contributed by atoms with Crippen molar-refractivity contribution in [3.05, 3.63) is 18.2 Å². The molecule has 0 heterocycles. The third kappa shape index (κ3) is 5.16. The fraction of sp³-hybridized carbons (Fsp3) is 0.571. The van der Waals surface area contributed by atoms with Gasteiger partial charge in [-0.05, 0) is 24.4 Å². The molecule has 94 valence electrons. The van der Waals surface area contributed by atoms with E-state index in [2.05, 4.69) is 27.8 Å². The molecule has 0 aliphatic heterocycles. The zero-order valence-electron chi connectivity index (χ0n) is 11.3. The molecule has 0 bridgehead atoms. The highest BCUT2D eigenvalue weighted by Crippen LogP contribution is 2.17. The molecule has 0 fully saturated rings. The monoisotopic (exact) mass is 234 g/mol. The number of hydrogen-bond donors (Lipinski definition) is 0. The molecule has 0 radical (unpaired) electrons. The van der Waals surface area contributed by atoms with Gasteiger partial charge in [-0.15, -0.1) is 0 Å². The minimum Gasteiger partial charge on any atom is -0.494 e. The Bertz CT molecular complexity index is 326. The van der Waals surface area contributed by atoms with E-state index in [1.807, 2.05) is 12.1 Å². The summed E-state index contributed by atoms with van der Waals surface area (Å²) in [5, 5.41) is 0. The van der Waals surface area contributed by atoms with Crippen molar-refractivity contribution in [2.24, 2.45) is 0 Å². The van der Waals surface area contributed by atoms with Gasteiger partial charge in [0.1, 0.15) is 19.3 Å². The summed E-state index contributed by atoms with van der Waals surface area (Å²) in [6, 6.07) is 6.07. The lowest BCUT2D eigenvalue weighted by Crippen LogP contribution is -2.10. The number of ether oxygens (including phenoxy) is 2. The molecular formula is C14H23BO2. The van der Waals surface area contributed by atoms with Crippen LogP contribution in [0.5, 0.6) is 11.5 Å². The Hall–Kier alpha value is -1.12. The summed E-state index contributed by atoms with van der Waals surface area (Å²) in [6.07, 6.45) is 4.51. The second-order valence-electron chi connectivity index (χ2n) is 4.33. The Kier molecular flexibility index (Phi) is 6.60. The van der Waals surface area contributed by atoms with Crippen LogP contribution >= 0.6 is 0 Å². The molecule has 1 rings (SSSR count). The minimum atomic E-state index is 0.786. The number of benzene rings is 1. The summed E-state index contributed by atoms with van der Waals surface area (Å²) < 4.78 is 11.4. The first-order valence-corrected chi connectivity index (χ1v) is 6.64. The average molecular weight is 234 g/mol. The average Bonchev–Trinajstić information content (AvgIpc) is 2.33. The quantitative estimate of drug-likeness (QED) is 0.507. The van der Waals surface area contributed by atoms with Crippen LogP contribution in [0.25, 0.3) is 0 Å². The van der Waals surface area contributed by atoms with Gasteiger partial charge in [-0.3, -0.25) is 0 Å². The van der Waals surface area contributed by atoms with Crippen molar-refractivity contribution in [2.45, 2.75) is 39.5 Å². The topological polar surface area (TPSA) is 18.5 Å². The van der Waals surface area contributed by atoms with Crippen LogP contribution in [0.2, 0.25) is 0 Å². The normalized spacial score (nSPS) is 10.2. The standard InChI is InChI=1S/C14H23BO2/c1-3-5-9-16-12-7-8-13(15)14(11-12)17-10-6-4-2/h7-8,11H,3-6,9-10,15H2,1-2H3. The molecule has 0 N–H and O–H groups in total. The summed E-state index contributed by atoms with van der Waals surface area (Å²) in [5.41, 5.74) is 1.17. The van der Waals surface area contributed by atoms with Crippen LogP contribution in [0.15, 0.2) is 18.2 Å². The largest absolute Gasteiger partial charge is 0.494 e. The van der Waals surface area contributed by atoms with Crippen LogP contribution < -0.4 is 14.9 Å². The van der Waals surface area contributed by atoms with Crippen molar-refractivity contribution in [1.82, 2.24) is 0 Å². The number of rotatable bonds is 8. The van der Waals surface area contributed by atoms with Crippen molar-refractivity contribution in [3.8, 4) is 11.5 Å². The Labute approximate surface area is 106 Å². The Morgan fingerprint density at radius 3 is 2.29 bits per heavy atom. The maximum absolute atomic E-state index is 5.74. The Morgan fingerprint density at radius 1 is 1.00 bits per heavy atom. The highest BCUT2D eigenvalue weighted by atomic mass is 16.5. The molecule has 3 heteroatoms. The first-order valence-electron chi connectivity index (χ1n) is 6.64. The summed E-state index contributed by atoms with van der Waals surface area (Å²) in [7, 11) is 2.07. The zero-order valence-corrected chi connectivity index (χ0v) is 11.3. The minimum absolute atomic E-state index is 0.786. The SMILES string of the molecule is Bc1ccc(OCCCC)cc1OCCCC. The predicted octanol–water partition coefficient (Wildman–Crippen LogP) is 2.30. The van der Waals surface area contributed by atoms with Gasteiger partial charge >= 0.3 is 0 Å². The zero-order chi connectivity index (χ0) is 12.5. The van der Waals surface area contributed by atoms with Crippen LogP contribution in [0.1, 0.15) is 39.5 Å². The van der Waals surface area contributed by atoms with Gasteiger partial charge in [-0.1, -0.05) is 32.8 Å². The highest BCUT2D eigenvalue weighted by Gasteiger charge is 2.02. The molecule has 2 nitrogen and oxygen atoms in total. The van der Waals surface area contributed by atoms with Crippen LogP contribution in [-0.2, 0) is 0 Å². The van der Waals surface area contributed by atoms with Gasteiger partial charge in [0.05, 0.1) is 13.2 Å². The second-order valence-corrected chi connectivity index (χ2v) is 4.33. The lowest BCUT2D eigenvalue weighted by molar-refractivity contribution is 0.295. The molecule has 0 aliphatic rings. The van der Waals surface area contributed by atoms with Crippen molar-refractivity contribution in [2.75, 3.05) is 13.2 Å². The molecule has 0 unspecified atom stereocenters. The molecular weight excluding hydrogens is 211 g/mol. The maximum Gasteiger partial charge on any atom is 0.144 e. The first kappa shape index (κ1) is 13.9. The molecule has 0 aromatic heterocycles. The Balaban J connectivity index is 2.53. The van der Waals surface area contributed by atoms with Gasteiger partial charge in [0.25, 0.3) is 0 Å². The van der Waals surface area contributed by atoms with E-state index in [0.717, 1.165) is 50.4 Å². The van der Waals surface area contributed by atoms with E-state index < -0.39 is 0 Å². The lowest BCUT2D eigenvalue weighted by Gasteiger charge is -2.11. The van der Waals surface area contributed by atoms with Crippen molar-refractivity contribution in [1.29, 1.82) is 0 Å². The lowest BCUT2D eigenvalue weighted by atomic mass is 9.95. The predicted molar refractivity (Wildman–Crippen MR) is 75.4 cm³/mol. The van der Waals surface area contributed by atoms with E-state index in [1.54, 1.807) is 0 Å². The Morgan fingerprint density at radius 2 is 1.65 bits per heavy atom. The summed E-state index contributed by atoms with van der Waals surface area (Å²) in [4.78, 5) is 0. The van der Waals surface area contributed by atoms with Gasteiger partial charge in [-0.2, -0.15) is 0 Å². The molecule has 0 aliphatic carbocycles. The highest BCUT2D eigenvalue weighted by molar-refractivity contribution is 6.34. The van der Waals surface area contributed by atoms with Crippen LogP contribution in [0, 0.1) is 0 Å². The van der Waals surface area contributed by atoms with E-state index >= 15 is 0 Å². The van der Waals surface area contributed by atoms with Crippen molar-refractivity contribution in [3.63, 3.8) is 0 Å². The summed E-state index contributed by atoms with van der Waals surface area (Å²) in [5.74, 6) is 1.86. The first-order chi connectivity index (χ1) is 8.27. The van der Waals surface area contributed by atoms with Gasteiger partial charge < -0.3 is 9.47 Å². The maximum atomic E-state index is 5.74. The van der Waals surface area contributed by atoms with E-state index in [-0.39, 0.29) is 0 Å². The molecule has 0 spiro atoms. The number of hydrogen-bond acceptors (Lipinski definition) is 2. The second kappa shape index (κ2) is 8.05. The molecule has 17 heavy (non-hydrogen) atoms. The fourth-order valence-corrected chi connectivity index (χ4v) is 1.49. The van der Waals surface area contributed by atoms with Gasteiger partial charge in [-0.25, -0.2) is 0 Å². The molecule has 0 saturated carbocycles. The molecule has 0 atom stereocenters. The van der Waals surface area contributed by atoms with Gasteiger partial charge in [0.15, 0.2) is 0 Å². The molecule has 0 saturated heterocycles. The molecule has 1 aromatic carbocycles. The van der Waals surface area contributed by atoms with Gasteiger partial charge in [0.2, 0.25) is 0 Å². The number of unbranched alkanes of at least 4 members (excludes halogenated alkanes) is 2. The van der Waals surface area contributed by atoms with E-state index in [0.29, 0.717) is 0 Å². The smallest absolute Gasteiger partial charge is 0.144 e. The van der Waals surface area contributed by atoms with Gasteiger partial charge in [0, 0.05) is 6.07 Å². The van der Waals surface area contributed by atoms with E-state index in [1.165, 1.54) is 5.46 Å². The molecule has 1 aromatic rings. The van der Waals surface area contributed by atoms with Crippen LogP contribution in [0.3, 0.4) is 0 Å². The van der Waals surface area contributed by atoms with Crippen LogP contribution in [-0.4, -0.2) is 21.1 Å². The third-order valence-electron chi connectivity index (χ3n) is 2.68. The van der Waals surface area contributed by atoms with E-state index in [9.17, 15) is 0 Å². The van der Waals surface area contributed by atoms with E-state index in [4.69, 9.17) is 9.47 Å². The third-order valence-corrected chi connectivity index (χ3v) is 2.68. The summed E-state index contributed by atoms with van der Waals surface area (Å²) in [6.45, 7) is 5.90. The van der Waals surface area contributed by atoms with Crippen LogP contribution in [0.4, 0.5) is 0 Å². The summed E-state index contributed by atoms with van der Waals surface area (Å²) >= 11 is 0. The molecule has 0 amide bonds. The van der Waals surface area contributed by atoms with Crippen molar-refractivity contribution < 1.29 is 9.47 Å².